The number of esters is 2. The van der Waals surface area contributed by atoms with Crippen molar-refractivity contribution in [3.63, 3.8) is 0 Å². The van der Waals surface area contributed by atoms with Gasteiger partial charge in [0.05, 0.1) is 6.61 Å². The lowest BCUT2D eigenvalue weighted by Crippen LogP contribution is -2.12. The van der Waals surface area contributed by atoms with Crippen LogP contribution in [0.5, 0.6) is 0 Å². The molecule has 80 valence electrons. The van der Waals surface area contributed by atoms with Gasteiger partial charge in [-0.3, -0.25) is 9.59 Å². The number of carbonyl (C=O) groups is 2. The van der Waals surface area contributed by atoms with Crippen LogP contribution in [0.4, 0.5) is 0 Å². The van der Waals surface area contributed by atoms with Crippen LogP contribution in [0.25, 0.3) is 0 Å². The second-order valence-corrected chi connectivity index (χ2v) is 3.41. The lowest BCUT2D eigenvalue weighted by atomic mass is 10.1. The Hall–Kier alpha value is -1.06. The average molecular weight is 200 g/mol. The molecule has 1 aliphatic heterocycles. The van der Waals surface area contributed by atoms with E-state index in [4.69, 9.17) is 9.47 Å². The zero-order valence-electron chi connectivity index (χ0n) is 8.45. The quantitative estimate of drug-likeness (QED) is 0.630. The predicted molar refractivity (Wildman–Crippen MR) is 49.6 cm³/mol. The first-order valence-electron chi connectivity index (χ1n) is 5.07. The van der Waals surface area contributed by atoms with Crippen LogP contribution in [0.15, 0.2) is 0 Å². The van der Waals surface area contributed by atoms with Gasteiger partial charge in [-0.05, 0) is 19.3 Å². The molecule has 0 unspecified atom stereocenters. The fraction of sp³-hybridized carbons (Fsp3) is 0.800. The van der Waals surface area contributed by atoms with Gasteiger partial charge < -0.3 is 9.47 Å². The van der Waals surface area contributed by atoms with Crippen LogP contribution in [0, 0.1) is 0 Å². The van der Waals surface area contributed by atoms with Crippen molar-refractivity contribution in [2.24, 2.45) is 0 Å². The van der Waals surface area contributed by atoms with Gasteiger partial charge in [0.25, 0.3) is 0 Å². The predicted octanol–water partition coefficient (Wildman–Crippen LogP) is 1.43. The van der Waals surface area contributed by atoms with Crippen LogP contribution < -0.4 is 0 Å². The molecule has 1 saturated heterocycles. The summed E-state index contributed by atoms with van der Waals surface area (Å²) in [7, 11) is 0. The average Bonchev–Trinajstić information content (AvgIpc) is 2.58. The highest BCUT2D eigenvalue weighted by atomic mass is 16.6. The van der Waals surface area contributed by atoms with Crippen molar-refractivity contribution in [1.82, 2.24) is 0 Å². The molecule has 1 rings (SSSR count). The minimum Gasteiger partial charge on any atom is -0.466 e. The Kier molecular flexibility index (Phi) is 4.43. The molecule has 4 heteroatoms. The summed E-state index contributed by atoms with van der Waals surface area (Å²) in [4.78, 5) is 21.8. The second kappa shape index (κ2) is 5.62. The number of ether oxygens (including phenoxy) is 2. The maximum absolute atomic E-state index is 11.1. The maximum Gasteiger partial charge on any atom is 0.306 e. The van der Waals surface area contributed by atoms with Gasteiger partial charge in [-0.1, -0.05) is 6.92 Å². The van der Waals surface area contributed by atoms with Crippen molar-refractivity contribution in [2.75, 3.05) is 6.61 Å². The van der Waals surface area contributed by atoms with Gasteiger partial charge in [0.2, 0.25) is 0 Å². The van der Waals surface area contributed by atoms with E-state index in [2.05, 4.69) is 0 Å². The number of hydrogen-bond donors (Lipinski definition) is 0. The molecule has 1 aliphatic rings. The zero-order chi connectivity index (χ0) is 10.4. The molecule has 0 aromatic carbocycles. The summed E-state index contributed by atoms with van der Waals surface area (Å²) < 4.78 is 9.87. The van der Waals surface area contributed by atoms with Crippen molar-refractivity contribution in [3.8, 4) is 0 Å². The first kappa shape index (κ1) is 11.0. The molecule has 0 N–H and O–H groups in total. The molecule has 0 saturated carbocycles. The Bertz CT molecular complexity index is 212. The Balaban J connectivity index is 2.08. The molecule has 0 aromatic rings. The number of carbonyl (C=O) groups excluding carboxylic acids is 2. The van der Waals surface area contributed by atoms with Crippen LogP contribution >= 0.6 is 0 Å². The fourth-order valence-corrected chi connectivity index (χ4v) is 1.35. The molecule has 1 heterocycles. The minimum atomic E-state index is -0.199. The zero-order valence-corrected chi connectivity index (χ0v) is 8.45. The van der Waals surface area contributed by atoms with E-state index in [1.807, 2.05) is 6.92 Å². The second-order valence-electron chi connectivity index (χ2n) is 3.41. The largest absolute Gasteiger partial charge is 0.466 e. The van der Waals surface area contributed by atoms with Crippen LogP contribution in [0.2, 0.25) is 0 Å². The number of cyclic esters (lactones) is 1. The molecule has 14 heavy (non-hydrogen) atoms. The van der Waals surface area contributed by atoms with Gasteiger partial charge in [0, 0.05) is 12.8 Å². The molecule has 1 fully saturated rings. The standard InChI is InChI=1S/C10H16O4/c1-2-7-13-9(11)5-3-8-4-6-10(12)14-8/h8H,2-7H2,1H3/t8-/m0/s1. The Labute approximate surface area is 83.6 Å². The SMILES string of the molecule is CCCOC(=O)CC[C@H]1CCC(=O)O1. The molecule has 0 radical (unpaired) electrons. The van der Waals surface area contributed by atoms with Crippen LogP contribution in [0.1, 0.15) is 39.0 Å². The van der Waals surface area contributed by atoms with E-state index < -0.39 is 0 Å². The molecule has 0 bridgehead atoms. The molecule has 0 spiro atoms. The third kappa shape index (κ3) is 3.77. The third-order valence-electron chi connectivity index (χ3n) is 2.11. The Morgan fingerprint density at radius 2 is 2.43 bits per heavy atom. The molecule has 0 amide bonds. The molecule has 0 aliphatic carbocycles. The molecule has 0 aromatic heterocycles. The lowest BCUT2D eigenvalue weighted by Gasteiger charge is -2.08. The lowest BCUT2D eigenvalue weighted by molar-refractivity contribution is -0.147. The first-order chi connectivity index (χ1) is 6.72. The summed E-state index contributed by atoms with van der Waals surface area (Å²) in [5.41, 5.74) is 0. The first-order valence-corrected chi connectivity index (χ1v) is 5.07. The van der Waals surface area contributed by atoms with E-state index in [-0.39, 0.29) is 18.0 Å². The van der Waals surface area contributed by atoms with Crippen molar-refractivity contribution in [2.45, 2.75) is 45.1 Å². The summed E-state index contributed by atoms with van der Waals surface area (Å²) >= 11 is 0. The topological polar surface area (TPSA) is 52.6 Å². The van der Waals surface area contributed by atoms with Crippen LogP contribution in [-0.4, -0.2) is 24.6 Å². The van der Waals surface area contributed by atoms with Gasteiger partial charge in [-0.15, -0.1) is 0 Å². The maximum atomic E-state index is 11.1. The van der Waals surface area contributed by atoms with Gasteiger partial charge in [-0.25, -0.2) is 0 Å². The van der Waals surface area contributed by atoms with E-state index in [0.29, 0.717) is 25.9 Å². The smallest absolute Gasteiger partial charge is 0.306 e. The molecule has 4 nitrogen and oxygen atoms in total. The Morgan fingerprint density at radius 1 is 1.64 bits per heavy atom. The molecule has 1 atom stereocenters. The molecular formula is C10H16O4. The third-order valence-corrected chi connectivity index (χ3v) is 2.11. The van der Waals surface area contributed by atoms with Crippen molar-refractivity contribution < 1.29 is 19.1 Å². The summed E-state index contributed by atoms with van der Waals surface area (Å²) in [6.07, 6.45) is 2.92. The van der Waals surface area contributed by atoms with Crippen LogP contribution in [-0.2, 0) is 19.1 Å². The van der Waals surface area contributed by atoms with E-state index in [0.717, 1.165) is 12.8 Å². The summed E-state index contributed by atoms with van der Waals surface area (Å²) in [5.74, 6) is -0.355. The van der Waals surface area contributed by atoms with Crippen LogP contribution in [0.3, 0.4) is 0 Å². The normalized spacial score (nSPS) is 20.6. The number of hydrogen-bond acceptors (Lipinski definition) is 4. The van der Waals surface area contributed by atoms with Gasteiger partial charge in [0.15, 0.2) is 0 Å². The van der Waals surface area contributed by atoms with E-state index >= 15 is 0 Å². The van der Waals surface area contributed by atoms with E-state index in [1.165, 1.54) is 0 Å². The highest BCUT2D eigenvalue weighted by molar-refractivity contribution is 5.72. The number of rotatable bonds is 5. The van der Waals surface area contributed by atoms with Crippen molar-refractivity contribution >= 4 is 11.9 Å². The van der Waals surface area contributed by atoms with E-state index in [9.17, 15) is 9.59 Å². The summed E-state index contributed by atoms with van der Waals surface area (Å²) in [5, 5.41) is 0. The summed E-state index contributed by atoms with van der Waals surface area (Å²) in [6.45, 7) is 2.43. The van der Waals surface area contributed by atoms with E-state index in [1.54, 1.807) is 0 Å². The summed E-state index contributed by atoms with van der Waals surface area (Å²) in [6, 6.07) is 0. The molecular weight excluding hydrogens is 184 g/mol. The highest BCUT2D eigenvalue weighted by Crippen LogP contribution is 2.18. The van der Waals surface area contributed by atoms with Gasteiger partial charge in [0.1, 0.15) is 6.10 Å². The monoisotopic (exact) mass is 200 g/mol. The highest BCUT2D eigenvalue weighted by Gasteiger charge is 2.23. The Morgan fingerprint density at radius 3 is 3.00 bits per heavy atom. The minimum absolute atomic E-state index is 0.0725. The van der Waals surface area contributed by atoms with Gasteiger partial charge in [-0.2, -0.15) is 0 Å². The van der Waals surface area contributed by atoms with Gasteiger partial charge >= 0.3 is 11.9 Å². The van der Waals surface area contributed by atoms with Crippen molar-refractivity contribution in [1.29, 1.82) is 0 Å². The fourth-order valence-electron chi connectivity index (χ4n) is 1.35. The van der Waals surface area contributed by atoms with Crippen molar-refractivity contribution in [3.05, 3.63) is 0 Å².